The molecule has 0 aliphatic carbocycles. The Hall–Kier alpha value is -2.22. The highest BCUT2D eigenvalue weighted by atomic mass is 32.2. The second kappa shape index (κ2) is 4.81. The number of aromatic carboxylic acids is 1. The van der Waals surface area contributed by atoms with Crippen molar-refractivity contribution in [3.8, 4) is 0 Å². The number of aryl methyl sites for hydroxylation is 1. The molecule has 0 atom stereocenters. The van der Waals surface area contributed by atoms with Crippen LogP contribution in [0, 0.1) is 6.92 Å². The zero-order valence-corrected chi connectivity index (χ0v) is 10.7. The van der Waals surface area contributed by atoms with E-state index in [9.17, 15) is 13.2 Å². The maximum atomic E-state index is 12.1. The van der Waals surface area contributed by atoms with Crippen molar-refractivity contribution in [3.63, 3.8) is 0 Å². The Kier molecular flexibility index (Phi) is 3.34. The highest BCUT2D eigenvalue weighted by Gasteiger charge is 2.20. The molecule has 1 aromatic heterocycles. The number of aromatic nitrogens is 2. The molecule has 1 N–H and O–H groups in total. The van der Waals surface area contributed by atoms with Gasteiger partial charge >= 0.3 is 5.97 Å². The third-order valence-electron chi connectivity index (χ3n) is 2.32. The fraction of sp³-hybridized carbons (Fsp3) is 0.182. The summed E-state index contributed by atoms with van der Waals surface area (Å²) < 4.78 is 29.1. The first kappa shape index (κ1) is 13.2. The number of hydrogen-bond donors (Lipinski definition) is 1. The molecule has 0 saturated heterocycles. The average Bonchev–Trinajstić information content (AvgIpc) is 2.74. The topological polar surface area (TPSA) is 110 Å². The van der Waals surface area contributed by atoms with E-state index in [0.717, 1.165) is 6.07 Å². The van der Waals surface area contributed by atoms with Crippen LogP contribution in [-0.2, 0) is 15.6 Å². The first-order chi connectivity index (χ1) is 8.88. The minimum atomic E-state index is -3.72. The van der Waals surface area contributed by atoms with Gasteiger partial charge in [-0.1, -0.05) is 6.07 Å². The number of carboxylic acids is 1. The van der Waals surface area contributed by atoms with Gasteiger partial charge in [-0.3, -0.25) is 0 Å². The van der Waals surface area contributed by atoms with Crippen molar-refractivity contribution in [1.82, 2.24) is 10.2 Å². The van der Waals surface area contributed by atoms with E-state index >= 15 is 0 Å². The zero-order valence-electron chi connectivity index (χ0n) is 9.90. The van der Waals surface area contributed by atoms with Gasteiger partial charge in [-0.05, 0) is 18.2 Å². The van der Waals surface area contributed by atoms with Gasteiger partial charge in [0.05, 0.1) is 10.5 Å². The molecule has 1 aromatic carbocycles. The van der Waals surface area contributed by atoms with Crippen LogP contribution in [0.15, 0.2) is 33.6 Å². The largest absolute Gasteiger partial charge is 0.478 e. The van der Waals surface area contributed by atoms with Gasteiger partial charge in [0.25, 0.3) is 0 Å². The maximum Gasteiger partial charge on any atom is 0.335 e. The molecule has 0 bridgehead atoms. The van der Waals surface area contributed by atoms with Crippen LogP contribution in [0.4, 0.5) is 0 Å². The molecule has 0 spiro atoms. The Morgan fingerprint density at radius 3 is 2.68 bits per heavy atom. The number of nitrogens with zero attached hydrogens (tertiary/aromatic N) is 2. The predicted molar refractivity (Wildman–Crippen MR) is 63.3 cm³/mol. The number of benzene rings is 1. The Morgan fingerprint density at radius 2 is 2.11 bits per heavy atom. The molecular formula is C11H10N2O5S. The molecule has 0 fully saturated rings. The molecule has 0 unspecified atom stereocenters. The van der Waals surface area contributed by atoms with Crippen LogP contribution in [0.3, 0.4) is 0 Å². The summed E-state index contributed by atoms with van der Waals surface area (Å²) in [6, 6.07) is 5.11. The molecule has 0 radical (unpaired) electrons. The second-order valence-corrected chi connectivity index (χ2v) is 5.80. The average molecular weight is 282 g/mol. The smallest absolute Gasteiger partial charge is 0.335 e. The Labute approximate surface area is 108 Å². The zero-order chi connectivity index (χ0) is 14.0. The summed E-state index contributed by atoms with van der Waals surface area (Å²) >= 11 is 0. The molecule has 0 amide bonds. The van der Waals surface area contributed by atoms with Gasteiger partial charge in [-0.2, -0.15) is 0 Å². The van der Waals surface area contributed by atoms with Gasteiger partial charge in [0, 0.05) is 6.92 Å². The van der Waals surface area contributed by atoms with Crippen molar-refractivity contribution in [2.45, 2.75) is 17.6 Å². The van der Waals surface area contributed by atoms with Crippen molar-refractivity contribution in [3.05, 3.63) is 41.6 Å². The van der Waals surface area contributed by atoms with Crippen LogP contribution in [-0.4, -0.2) is 29.7 Å². The fourth-order valence-electron chi connectivity index (χ4n) is 1.46. The number of sulfone groups is 1. The minimum Gasteiger partial charge on any atom is -0.478 e. The predicted octanol–water partition coefficient (Wildman–Crippen LogP) is 1.05. The third-order valence-corrected chi connectivity index (χ3v) is 3.92. The van der Waals surface area contributed by atoms with Crippen LogP contribution in [0.5, 0.6) is 0 Å². The highest BCUT2D eigenvalue weighted by molar-refractivity contribution is 7.90. The van der Waals surface area contributed by atoms with Crippen LogP contribution in [0.25, 0.3) is 0 Å². The van der Waals surface area contributed by atoms with E-state index in [1.807, 2.05) is 0 Å². The van der Waals surface area contributed by atoms with E-state index in [2.05, 4.69) is 10.2 Å². The lowest BCUT2D eigenvalue weighted by Gasteiger charge is -2.02. The van der Waals surface area contributed by atoms with Crippen molar-refractivity contribution in [2.75, 3.05) is 0 Å². The van der Waals surface area contributed by atoms with Crippen molar-refractivity contribution in [1.29, 1.82) is 0 Å². The number of carboxylic acid groups (broad SMARTS) is 1. The summed E-state index contributed by atoms with van der Waals surface area (Å²) in [6.45, 7) is 1.55. The van der Waals surface area contributed by atoms with Gasteiger partial charge in [-0.25, -0.2) is 13.2 Å². The van der Waals surface area contributed by atoms with E-state index in [1.54, 1.807) is 6.92 Å². The maximum absolute atomic E-state index is 12.1. The number of carbonyl (C=O) groups is 1. The minimum absolute atomic E-state index is 0.0294. The first-order valence-electron chi connectivity index (χ1n) is 5.23. The van der Waals surface area contributed by atoms with Gasteiger partial charge in [0.15, 0.2) is 9.84 Å². The standard InChI is InChI=1S/C11H10N2O5S/c1-7-12-13-10(18-7)6-19(16,17)9-4-2-3-8(5-9)11(14)15/h2-5H,6H2,1H3,(H,14,15). The monoisotopic (exact) mass is 282 g/mol. The molecule has 7 nitrogen and oxygen atoms in total. The fourth-order valence-corrected chi connectivity index (χ4v) is 2.67. The van der Waals surface area contributed by atoms with E-state index in [4.69, 9.17) is 9.52 Å². The van der Waals surface area contributed by atoms with E-state index in [-0.39, 0.29) is 22.2 Å². The van der Waals surface area contributed by atoms with Gasteiger partial charge in [0.2, 0.25) is 11.8 Å². The number of rotatable bonds is 4. The molecular weight excluding hydrogens is 272 g/mol. The molecule has 0 aliphatic heterocycles. The second-order valence-electron chi connectivity index (χ2n) is 3.81. The van der Waals surface area contributed by atoms with Crippen molar-refractivity contribution < 1.29 is 22.7 Å². The van der Waals surface area contributed by atoms with E-state index in [0.29, 0.717) is 0 Å². The van der Waals surface area contributed by atoms with Crippen molar-refractivity contribution in [2.24, 2.45) is 0 Å². The summed E-state index contributed by atoms with van der Waals surface area (Å²) in [7, 11) is -3.72. The van der Waals surface area contributed by atoms with E-state index < -0.39 is 21.6 Å². The normalized spacial score (nSPS) is 11.4. The molecule has 0 saturated carbocycles. The summed E-state index contributed by atoms with van der Waals surface area (Å²) in [5.74, 6) is -1.41. The SMILES string of the molecule is Cc1nnc(CS(=O)(=O)c2cccc(C(=O)O)c2)o1. The lowest BCUT2D eigenvalue weighted by Crippen LogP contribution is -2.07. The lowest BCUT2D eigenvalue weighted by atomic mass is 10.2. The molecule has 0 aliphatic rings. The summed E-state index contributed by atoms with van der Waals surface area (Å²) in [4.78, 5) is 10.7. The van der Waals surface area contributed by atoms with Crippen LogP contribution in [0.1, 0.15) is 22.1 Å². The number of hydrogen-bond acceptors (Lipinski definition) is 6. The van der Waals surface area contributed by atoms with Gasteiger partial charge in [0.1, 0.15) is 5.75 Å². The summed E-state index contributed by atoms with van der Waals surface area (Å²) in [5.41, 5.74) is -0.0946. The molecule has 2 rings (SSSR count). The highest BCUT2D eigenvalue weighted by Crippen LogP contribution is 2.17. The Balaban J connectivity index is 2.34. The van der Waals surface area contributed by atoms with Crippen LogP contribution >= 0.6 is 0 Å². The summed E-state index contributed by atoms with van der Waals surface area (Å²) in [5, 5.41) is 16.0. The van der Waals surface area contributed by atoms with Gasteiger partial charge in [-0.15, -0.1) is 10.2 Å². The third kappa shape index (κ3) is 2.97. The molecule has 2 aromatic rings. The quantitative estimate of drug-likeness (QED) is 0.892. The Morgan fingerprint density at radius 1 is 1.37 bits per heavy atom. The molecule has 8 heteroatoms. The molecule has 1 heterocycles. The van der Waals surface area contributed by atoms with Crippen molar-refractivity contribution >= 4 is 15.8 Å². The summed E-state index contributed by atoms with van der Waals surface area (Å²) in [6.07, 6.45) is 0. The lowest BCUT2D eigenvalue weighted by molar-refractivity contribution is 0.0696. The van der Waals surface area contributed by atoms with E-state index in [1.165, 1.54) is 18.2 Å². The van der Waals surface area contributed by atoms with Gasteiger partial charge < -0.3 is 9.52 Å². The first-order valence-corrected chi connectivity index (χ1v) is 6.89. The molecule has 19 heavy (non-hydrogen) atoms. The van der Waals surface area contributed by atoms with Crippen LogP contribution in [0.2, 0.25) is 0 Å². The Bertz CT molecular complexity index is 720. The molecule has 100 valence electrons. The van der Waals surface area contributed by atoms with Crippen LogP contribution < -0.4 is 0 Å².